The van der Waals surface area contributed by atoms with Crippen LogP contribution < -0.4 is 4.74 Å². The zero-order valence-corrected chi connectivity index (χ0v) is 13.2. The summed E-state index contributed by atoms with van der Waals surface area (Å²) in [6.45, 7) is -0.0304. The van der Waals surface area contributed by atoms with Gasteiger partial charge < -0.3 is 19.5 Å². The lowest BCUT2D eigenvalue weighted by molar-refractivity contribution is -0.137. The molecule has 1 aromatic carbocycles. The molecule has 0 radical (unpaired) electrons. The van der Waals surface area contributed by atoms with E-state index in [2.05, 4.69) is 15.5 Å². The Hall–Kier alpha value is -3.01. The van der Waals surface area contributed by atoms with Crippen molar-refractivity contribution in [3.05, 3.63) is 30.1 Å². The Bertz CT molecular complexity index is 704. The maximum absolute atomic E-state index is 12.6. The zero-order chi connectivity index (χ0) is 17.5. The lowest BCUT2D eigenvalue weighted by Crippen LogP contribution is -2.38. The molecule has 2 rings (SSSR count). The molecule has 0 aliphatic heterocycles. The first-order valence-corrected chi connectivity index (χ1v) is 6.98. The Labute approximate surface area is 137 Å². The molecular formula is C14H17N5O5. The van der Waals surface area contributed by atoms with Gasteiger partial charge in [0, 0.05) is 19.2 Å². The minimum absolute atomic E-state index is 0.161. The predicted octanol–water partition coefficient (Wildman–Crippen LogP) is -0.156. The fraction of sp³-hybridized carbons (Fsp3) is 0.357. The van der Waals surface area contributed by atoms with Crippen LogP contribution in [-0.2, 0) is 9.53 Å². The molecule has 0 saturated carbocycles. The van der Waals surface area contributed by atoms with Crippen molar-refractivity contribution in [2.24, 2.45) is 0 Å². The van der Waals surface area contributed by atoms with Crippen LogP contribution in [0.2, 0.25) is 0 Å². The van der Waals surface area contributed by atoms with Crippen molar-refractivity contribution >= 4 is 11.9 Å². The van der Waals surface area contributed by atoms with E-state index in [1.165, 1.54) is 30.1 Å². The van der Waals surface area contributed by atoms with E-state index in [-0.39, 0.29) is 13.2 Å². The number of amides is 1. The Morgan fingerprint density at radius 2 is 2.12 bits per heavy atom. The molecule has 10 nitrogen and oxygen atoms in total. The maximum atomic E-state index is 12.6. The Kier molecular flexibility index (Phi) is 5.79. The van der Waals surface area contributed by atoms with Crippen LogP contribution in [0.15, 0.2) is 24.5 Å². The Balaban J connectivity index is 2.33. The number of nitrogens with zero attached hydrogens (tertiary/aromatic N) is 5. The van der Waals surface area contributed by atoms with Gasteiger partial charge >= 0.3 is 5.97 Å². The fourth-order valence-corrected chi connectivity index (χ4v) is 2.07. The highest BCUT2D eigenvalue weighted by Gasteiger charge is 2.20. The third kappa shape index (κ3) is 4.04. The molecular weight excluding hydrogens is 318 g/mol. The van der Waals surface area contributed by atoms with Crippen LogP contribution in [0, 0.1) is 0 Å². The van der Waals surface area contributed by atoms with E-state index in [1.54, 1.807) is 18.2 Å². The normalized spacial score (nSPS) is 10.4. The minimum Gasteiger partial charge on any atom is -0.494 e. The number of tetrazole rings is 1. The predicted molar refractivity (Wildman–Crippen MR) is 81.1 cm³/mol. The lowest BCUT2D eigenvalue weighted by atomic mass is 10.1. The summed E-state index contributed by atoms with van der Waals surface area (Å²) < 4.78 is 11.5. The third-order valence-corrected chi connectivity index (χ3v) is 3.20. The second-order valence-electron chi connectivity index (χ2n) is 4.75. The Morgan fingerprint density at radius 1 is 1.33 bits per heavy atom. The van der Waals surface area contributed by atoms with Gasteiger partial charge in [0.25, 0.3) is 5.91 Å². The van der Waals surface area contributed by atoms with E-state index < -0.39 is 18.4 Å². The first kappa shape index (κ1) is 17.3. The number of ether oxygens (including phenoxy) is 2. The average Bonchev–Trinajstić information content (AvgIpc) is 3.11. The summed E-state index contributed by atoms with van der Waals surface area (Å²) in [7, 11) is 2.96. The number of carboxylic acids is 1. The number of aromatic nitrogens is 4. The second kappa shape index (κ2) is 8.02. The van der Waals surface area contributed by atoms with Gasteiger partial charge in [-0.2, -0.15) is 4.68 Å². The van der Waals surface area contributed by atoms with Gasteiger partial charge in [-0.1, -0.05) is 0 Å². The molecule has 2 aromatic rings. The number of carboxylic acid groups (broad SMARTS) is 1. The molecule has 1 N–H and O–H groups in total. The first-order chi connectivity index (χ1) is 11.6. The molecule has 0 fully saturated rings. The van der Waals surface area contributed by atoms with E-state index in [4.69, 9.17) is 14.6 Å². The van der Waals surface area contributed by atoms with Gasteiger partial charge in [0.2, 0.25) is 0 Å². The van der Waals surface area contributed by atoms with Gasteiger partial charge in [-0.15, -0.1) is 5.10 Å². The maximum Gasteiger partial charge on any atom is 0.323 e. The van der Waals surface area contributed by atoms with Crippen LogP contribution in [0.25, 0.3) is 5.69 Å². The van der Waals surface area contributed by atoms with Crippen molar-refractivity contribution < 1.29 is 24.2 Å². The number of hydrogen-bond acceptors (Lipinski definition) is 7. The highest BCUT2D eigenvalue weighted by atomic mass is 16.5. The number of rotatable bonds is 8. The molecule has 1 heterocycles. The van der Waals surface area contributed by atoms with Gasteiger partial charge in [0.05, 0.1) is 13.7 Å². The molecule has 0 saturated heterocycles. The zero-order valence-electron chi connectivity index (χ0n) is 13.2. The van der Waals surface area contributed by atoms with E-state index in [9.17, 15) is 9.59 Å². The molecule has 0 spiro atoms. The average molecular weight is 335 g/mol. The molecule has 0 aliphatic carbocycles. The molecule has 0 aliphatic rings. The Morgan fingerprint density at radius 3 is 2.71 bits per heavy atom. The molecule has 10 heteroatoms. The number of carbonyl (C=O) groups excluding carboxylic acids is 1. The third-order valence-electron chi connectivity index (χ3n) is 3.20. The van der Waals surface area contributed by atoms with Crippen LogP contribution in [0.1, 0.15) is 10.4 Å². The summed E-state index contributed by atoms with van der Waals surface area (Å²) in [5.74, 6) is -1.07. The molecule has 0 atom stereocenters. The van der Waals surface area contributed by atoms with Crippen LogP contribution in [0.4, 0.5) is 0 Å². The topological polar surface area (TPSA) is 120 Å². The van der Waals surface area contributed by atoms with Crippen molar-refractivity contribution in [1.29, 1.82) is 0 Å². The van der Waals surface area contributed by atoms with Gasteiger partial charge in [-0.3, -0.25) is 9.59 Å². The highest BCUT2D eigenvalue weighted by molar-refractivity contribution is 5.96. The van der Waals surface area contributed by atoms with E-state index in [1.807, 2.05) is 0 Å². The van der Waals surface area contributed by atoms with Crippen molar-refractivity contribution in [2.75, 3.05) is 33.9 Å². The van der Waals surface area contributed by atoms with Crippen LogP contribution in [-0.4, -0.2) is 76.0 Å². The van der Waals surface area contributed by atoms with Crippen LogP contribution in [0.5, 0.6) is 5.75 Å². The van der Waals surface area contributed by atoms with Gasteiger partial charge in [0.15, 0.2) is 0 Å². The molecule has 24 heavy (non-hydrogen) atoms. The number of aliphatic carboxylic acids is 1. The first-order valence-electron chi connectivity index (χ1n) is 6.98. The largest absolute Gasteiger partial charge is 0.494 e. The van der Waals surface area contributed by atoms with Gasteiger partial charge in [-0.25, -0.2) is 0 Å². The van der Waals surface area contributed by atoms with E-state index in [0.29, 0.717) is 17.0 Å². The summed E-state index contributed by atoms with van der Waals surface area (Å²) in [5.41, 5.74) is 0.758. The van der Waals surface area contributed by atoms with E-state index in [0.717, 1.165) is 0 Å². The fourth-order valence-electron chi connectivity index (χ4n) is 2.07. The number of hydrogen-bond donors (Lipinski definition) is 1. The van der Waals surface area contributed by atoms with Crippen molar-refractivity contribution in [1.82, 2.24) is 25.1 Å². The summed E-state index contributed by atoms with van der Waals surface area (Å²) in [6.07, 6.45) is 1.37. The van der Waals surface area contributed by atoms with E-state index >= 15 is 0 Å². The molecule has 0 unspecified atom stereocenters. The smallest absolute Gasteiger partial charge is 0.323 e. The molecule has 0 bridgehead atoms. The van der Waals surface area contributed by atoms with Crippen molar-refractivity contribution in [3.63, 3.8) is 0 Å². The summed E-state index contributed by atoms with van der Waals surface area (Å²) in [4.78, 5) is 24.8. The summed E-state index contributed by atoms with van der Waals surface area (Å²) in [5, 5.41) is 19.9. The van der Waals surface area contributed by atoms with Crippen LogP contribution >= 0.6 is 0 Å². The molecule has 1 aromatic heterocycles. The quantitative estimate of drug-likeness (QED) is 0.707. The minimum atomic E-state index is -1.10. The molecule has 1 amide bonds. The van der Waals surface area contributed by atoms with Crippen LogP contribution in [0.3, 0.4) is 0 Å². The monoisotopic (exact) mass is 335 g/mol. The highest BCUT2D eigenvalue weighted by Crippen LogP contribution is 2.23. The summed E-state index contributed by atoms with van der Waals surface area (Å²) >= 11 is 0. The number of methoxy groups -OCH3 is 2. The van der Waals surface area contributed by atoms with Crippen molar-refractivity contribution in [2.45, 2.75) is 0 Å². The van der Waals surface area contributed by atoms with Gasteiger partial charge in [-0.05, 0) is 28.6 Å². The van der Waals surface area contributed by atoms with Crippen molar-refractivity contribution in [3.8, 4) is 11.4 Å². The number of carbonyl (C=O) groups is 2. The molecule has 128 valence electrons. The summed E-state index contributed by atoms with van der Waals surface area (Å²) in [6, 6.07) is 4.69. The second-order valence-corrected chi connectivity index (χ2v) is 4.75. The van der Waals surface area contributed by atoms with Gasteiger partial charge in [0.1, 0.15) is 24.3 Å². The number of benzene rings is 1. The SMILES string of the molecule is COCCN(CC(=O)O)C(=O)c1ccc(OC)c(-n2cnnn2)c1. The lowest BCUT2D eigenvalue weighted by Gasteiger charge is -2.21. The standard InChI is InChI=1S/C14H17N5O5/c1-23-6-5-18(8-13(20)21)14(22)10-3-4-12(24-2)11(7-10)19-9-15-16-17-19/h3-4,7,9H,5-6,8H2,1-2H3,(H,20,21).